The second-order valence-electron chi connectivity index (χ2n) is 3.10. The fourth-order valence-electron chi connectivity index (χ4n) is 1.56. The molecule has 0 amide bonds. The first-order valence-electron chi connectivity index (χ1n) is 4.82. The third-order valence-electron chi connectivity index (χ3n) is 2.39. The topological polar surface area (TPSA) is 12.9 Å². The van der Waals surface area contributed by atoms with Gasteiger partial charge in [-0.3, -0.25) is 4.98 Å². The normalized spacial score (nSPS) is 10.1. The average molecular weight is 193 g/mol. The molecule has 1 aromatic rings. The minimum Gasteiger partial charge on any atom is -0.270 e. The molecule has 0 atom stereocenters. The minimum atomic E-state index is 0.628. The van der Waals surface area contributed by atoms with Gasteiger partial charge in [0.2, 0.25) is 6.71 Å². The van der Waals surface area contributed by atoms with Crippen LogP contribution in [0.1, 0.15) is 13.8 Å². The summed E-state index contributed by atoms with van der Waals surface area (Å²) in [5, 5.41) is 0. The van der Waals surface area contributed by atoms with Crippen LogP contribution in [0.25, 0.3) is 0 Å². The summed E-state index contributed by atoms with van der Waals surface area (Å²) in [4.78, 5) is 5.80. The maximum Gasteiger partial charge on any atom is 0.201 e. The minimum absolute atomic E-state index is 0.628. The third kappa shape index (κ3) is 2.50. The van der Waals surface area contributed by atoms with Crippen molar-refractivity contribution in [2.45, 2.75) is 31.4 Å². The predicted octanol–water partition coefficient (Wildman–Crippen LogP) is 2.55. The fraction of sp³-hybridized carbons (Fsp3) is 0.500. The Morgan fingerprint density at radius 3 is 2.62 bits per heavy atom. The summed E-state index contributed by atoms with van der Waals surface area (Å²) in [7, 11) is 0. The van der Waals surface area contributed by atoms with Gasteiger partial charge in [-0.05, 0) is 18.4 Å². The molecule has 0 aliphatic heterocycles. The molecule has 0 spiro atoms. The molecule has 3 heteroatoms. The lowest BCUT2D eigenvalue weighted by Gasteiger charge is -2.11. The molecule has 0 saturated heterocycles. The first kappa shape index (κ1) is 10.6. The van der Waals surface area contributed by atoms with Gasteiger partial charge in [-0.2, -0.15) is 0 Å². The number of rotatable bonds is 4. The van der Waals surface area contributed by atoms with Crippen molar-refractivity contribution >= 4 is 24.1 Å². The van der Waals surface area contributed by atoms with Gasteiger partial charge in [-0.1, -0.05) is 26.5 Å². The van der Waals surface area contributed by atoms with Gasteiger partial charge in [0, 0.05) is 16.7 Å². The molecule has 1 aromatic heterocycles. The molecule has 1 nitrogen and oxygen atoms in total. The summed E-state index contributed by atoms with van der Waals surface area (Å²) in [5.74, 6) is 0. The van der Waals surface area contributed by atoms with Crippen LogP contribution in [0.5, 0.6) is 0 Å². The molecule has 0 aliphatic rings. The lowest BCUT2D eigenvalue weighted by Crippen LogP contribution is -2.32. The highest BCUT2D eigenvalue weighted by Crippen LogP contribution is 2.12. The van der Waals surface area contributed by atoms with Crippen molar-refractivity contribution in [1.29, 1.82) is 0 Å². The molecule has 0 saturated carbocycles. The zero-order valence-corrected chi connectivity index (χ0v) is 9.40. The number of pyridine rings is 1. The zero-order valence-electron chi connectivity index (χ0n) is 8.58. The summed E-state index contributed by atoms with van der Waals surface area (Å²) < 4.78 is 0. The molecule has 0 aliphatic carbocycles. The van der Waals surface area contributed by atoms with Gasteiger partial charge in [0.25, 0.3) is 0 Å². The largest absolute Gasteiger partial charge is 0.270 e. The van der Waals surface area contributed by atoms with Crippen molar-refractivity contribution in [3.05, 3.63) is 18.3 Å². The molecule has 1 heterocycles. The molecule has 0 unspecified atom stereocenters. The maximum atomic E-state index is 4.47. The smallest absolute Gasteiger partial charge is 0.201 e. The van der Waals surface area contributed by atoms with E-state index in [4.69, 9.17) is 0 Å². The Labute approximate surface area is 85.4 Å². The van der Waals surface area contributed by atoms with E-state index in [0.717, 1.165) is 0 Å². The Hall–Kier alpha value is -0.435. The third-order valence-corrected chi connectivity index (χ3v) is 3.18. The van der Waals surface area contributed by atoms with Gasteiger partial charge in [0.15, 0.2) is 0 Å². The van der Waals surface area contributed by atoms with Crippen molar-refractivity contribution in [2.75, 3.05) is 6.26 Å². The van der Waals surface area contributed by atoms with Crippen LogP contribution in [-0.4, -0.2) is 18.0 Å². The summed E-state index contributed by atoms with van der Waals surface area (Å²) >= 11 is 1.79. The second-order valence-corrected chi connectivity index (χ2v) is 3.95. The highest BCUT2D eigenvalue weighted by atomic mass is 32.2. The summed E-state index contributed by atoms with van der Waals surface area (Å²) in [6.07, 6.45) is 6.37. The van der Waals surface area contributed by atoms with E-state index in [9.17, 15) is 0 Å². The molecule has 0 radical (unpaired) electrons. The second kappa shape index (κ2) is 5.33. The molecular formula is C10H16BNS. The van der Waals surface area contributed by atoms with Crippen LogP contribution in [0.15, 0.2) is 23.2 Å². The van der Waals surface area contributed by atoms with Crippen molar-refractivity contribution in [3.8, 4) is 0 Å². The standard InChI is InChI=1S/C10H16BNS/c1-4-11(5-2)10-9(13-3)7-6-8-12-10/h6-8H,4-5H2,1-3H3. The summed E-state index contributed by atoms with van der Waals surface area (Å²) in [6, 6.07) is 4.17. The van der Waals surface area contributed by atoms with E-state index in [2.05, 4.69) is 31.2 Å². The predicted molar refractivity (Wildman–Crippen MR) is 62.4 cm³/mol. The number of aromatic nitrogens is 1. The Balaban J connectivity index is 2.96. The van der Waals surface area contributed by atoms with Crippen LogP contribution >= 0.6 is 11.8 Å². The van der Waals surface area contributed by atoms with Crippen LogP contribution in [0.3, 0.4) is 0 Å². The van der Waals surface area contributed by atoms with Crippen LogP contribution in [-0.2, 0) is 0 Å². The van der Waals surface area contributed by atoms with Gasteiger partial charge in [0.05, 0.1) is 0 Å². The van der Waals surface area contributed by atoms with Crippen LogP contribution < -0.4 is 5.59 Å². The highest BCUT2D eigenvalue weighted by molar-refractivity contribution is 7.98. The van der Waals surface area contributed by atoms with Gasteiger partial charge in [-0.15, -0.1) is 11.8 Å². The summed E-state index contributed by atoms with van der Waals surface area (Å²) in [6.45, 7) is 5.09. The number of hydrogen-bond donors (Lipinski definition) is 0. The lowest BCUT2D eigenvalue weighted by molar-refractivity contribution is 1.24. The number of hydrogen-bond acceptors (Lipinski definition) is 2. The van der Waals surface area contributed by atoms with Crippen LogP contribution in [0.4, 0.5) is 0 Å². The molecular weight excluding hydrogens is 177 g/mol. The zero-order chi connectivity index (χ0) is 9.68. The van der Waals surface area contributed by atoms with Crippen LogP contribution in [0, 0.1) is 0 Å². The Kier molecular flexibility index (Phi) is 4.36. The number of thioether (sulfide) groups is 1. The Morgan fingerprint density at radius 2 is 2.08 bits per heavy atom. The molecule has 0 N–H and O–H groups in total. The first-order chi connectivity index (χ1) is 6.33. The summed E-state index contributed by atoms with van der Waals surface area (Å²) in [5.41, 5.74) is 1.28. The quantitative estimate of drug-likeness (QED) is 0.538. The Bertz CT molecular complexity index is 261. The van der Waals surface area contributed by atoms with Crippen LogP contribution in [0.2, 0.25) is 12.6 Å². The van der Waals surface area contributed by atoms with E-state index in [1.807, 2.05) is 12.3 Å². The van der Waals surface area contributed by atoms with Crippen molar-refractivity contribution in [1.82, 2.24) is 4.98 Å². The highest BCUT2D eigenvalue weighted by Gasteiger charge is 2.16. The molecule has 0 bridgehead atoms. The molecule has 0 fully saturated rings. The molecule has 70 valence electrons. The fourth-order valence-corrected chi connectivity index (χ4v) is 2.20. The van der Waals surface area contributed by atoms with E-state index in [0.29, 0.717) is 6.71 Å². The molecule has 0 aromatic carbocycles. The van der Waals surface area contributed by atoms with E-state index in [-0.39, 0.29) is 0 Å². The SMILES string of the molecule is CCB(CC)c1ncccc1SC. The van der Waals surface area contributed by atoms with Crippen molar-refractivity contribution in [3.63, 3.8) is 0 Å². The maximum absolute atomic E-state index is 4.47. The lowest BCUT2D eigenvalue weighted by atomic mass is 9.43. The van der Waals surface area contributed by atoms with Gasteiger partial charge in [-0.25, -0.2) is 0 Å². The van der Waals surface area contributed by atoms with E-state index in [1.54, 1.807) is 11.8 Å². The van der Waals surface area contributed by atoms with Gasteiger partial charge < -0.3 is 0 Å². The molecule has 1 rings (SSSR count). The average Bonchev–Trinajstić information content (AvgIpc) is 2.20. The van der Waals surface area contributed by atoms with Gasteiger partial charge in [0.1, 0.15) is 0 Å². The Morgan fingerprint density at radius 1 is 1.38 bits per heavy atom. The van der Waals surface area contributed by atoms with E-state index in [1.165, 1.54) is 23.1 Å². The first-order valence-corrected chi connectivity index (χ1v) is 6.04. The molecule has 13 heavy (non-hydrogen) atoms. The van der Waals surface area contributed by atoms with E-state index >= 15 is 0 Å². The van der Waals surface area contributed by atoms with E-state index < -0.39 is 0 Å². The monoisotopic (exact) mass is 193 g/mol. The number of nitrogens with zero attached hydrogens (tertiary/aromatic N) is 1. The van der Waals surface area contributed by atoms with Crippen molar-refractivity contribution < 1.29 is 0 Å². The van der Waals surface area contributed by atoms with Crippen molar-refractivity contribution in [2.24, 2.45) is 0 Å². The van der Waals surface area contributed by atoms with Gasteiger partial charge >= 0.3 is 0 Å².